The van der Waals surface area contributed by atoms with Gasteiger partial charge in [-0.25, -0.2) is 4.79 Å². The van der Waals surface area contributed by atoms with Crippen LogP contribution in [0.4, 0.5) is 4.79 Å². The van der Waals surface area contributed by atoms with Gasteiger partial charge in [-0.15, -0.1) is 0 Å². The highest BCUT2D eigenvalue weighted by Crippen LogP contribution is 2.14. The maximum atomic E-state index is 11.6. The lowest BCUT2D eigenvalue weighted by atomic mass is 10.2. The van der Waals surface area contributed by atoms with Gasteiger partial charge in [-0.05, 0) is 40.9 Å². The van der Waals surface area contributed by atoms with Gasteiger partial charge in [0, 0.05) is 13.1 Å². The first-order valence-corrected chi connectivity index (χ1v) is 8.09. The number of carbonyl (C=O) groups excluding carboxylic acids is 1. The first kappa shape index (κ1) is 16.3. The van der Waals surface area contributed by atoms with Gasteiger partial charge < -0.3 is 20.5 Å². The minimum atomic E-state index is -0.668. The molecule has 3 N–H and O–H groups in total. The van der Waals surface area contributed by atoms with Crippen molar-refractivity contribution in [3.05, 3.63) is 52.7 Å². The maximum absolute atomic E-state index is 11.6. The third-order valence-corrected chi connectivity index (χ3v) is 3.70. The van der Waals surface area contributed by atoms with E-state index in [2.05, 4.69) is 10.6 Å². The molecule has 2 amide bonds. The summed E-state index contributed by atoms with van der Waals surface area (Å²) < 4.78 is 5.52. The van der Waals surface area contributed by atoms with E-state index < -0.39 is 6.10 Å². The Kier molecular flexibility index (Phi) is 6.73. The number of benzene rings is 1. The molecule has 2 rings (SSSR count). The lowest BCUT2D eigenvalue weighted by Crippen LogP contribution is -2.38. The van der Waals surface area contributed by atoms with Crippen molar-refractivity contribution in [1.82, 2.24) is 10.6 Å². The van der Waals surface area contributed by atoms with Crippen LogP contribution in [0, 0.1) is 0 Å². The molecule has 0 bridgehead atoms. The van der Waals surface area contributed by atoms with Crippen LogP contribution in [0.15, 0.2) is 47.2 Å². The molecule has 0 fully saturated rings. The Morgan fingerprint density at radius 2 is 2.05 bits per heavy atom. The van der Waals surface area contributed by atoms with Crippen LogP contribution in [0.25, 0.3) is 0 Å². The molecule has 2 aromatic rings. The molecule has 1 atom stereocenters. The Balaban J connectivity index is 1.52. The molecule has 0 saturated heterocycles. The fourth-order valence-electron chi connectivity index (χ4n) is 1.82. The molecule has 0 radical (unpaired) electrons. The summed E-state index contributed by atoms with van der Waals surface area (Å²) in [5, 5.41) is 19.0. The Bertz CT molecular complexity index is 546. The highest BCUT2D eigenvalue weighted by molar-refractivity contribution is 7.07. The second-order valence-corrected chi connectivity index (χ2v) is 5.50. The number of aliphatic hydroxyl groups is 1. The number of hydrogen-bond acceptors (Lipinski definition) is 4. The van der Waals surface area contributed by atoms with Gasteiger partial charge in [0.1, 0.15) is 5.75 Å². The highest BCUT2D eigenvalue weighted by Gasteiger charge is 2.09. The third-order valence-electron chi connectivity index (χ3n) is 3.00. The number of aliphatic hydroxyl groups excluding tert-OH is 1. The average molecular weight is 320 g/mol. The van der Waals surface area contributed by atoms with Gasteiger partial charge in [0.25, 0.3) is 0 Å². The summed E-state index contributed by atoms with van der Waals surface area (Å²) in [6, 6.07) is 11.1. The lowest BCUT2D eigenvalue weighted by Gasteiger charge is -2.11. The Morgan fingerprint density at radius 3 is 2.77 bits per heavy atom. The Morgan fingerprint density at radius 1 is 1.23 bits per heavy atom. The van der Waals surface area contributed by atoms with E-state index in [-0.39, 0.29) is 12.6 Å². The number of rotatable bonds is 8. The summed E-state index contributed by atoms with van der Waals surface area (Å²) in [6.45, 7) is 1.26. The number of thiophene rings is 1. The molecular formula is C16H20N2O3S. The SMILES string of the molecule is O=C(NCCCOc1ccccc1)NCC(O)c1ccsc1. The summed E-state index contributed by atoms with van der Waals surface area (Å²) in [5.41, 5.74) is 0.821. The molecular weight excluding hydrogens is 300 g/mol. The van der Waals surface area contributed by atoms with Gasteiger partial charge in [-0.1, -0.05) is 18.2 Å². The Hall–Kier alpha value is -2.05. The molecule has 6 heteroatoms. The Labute approximate surface area is 133 Å². The van der Waals surface area contributed by atoms with Crippen molar-refractivity contribution in [2.75, 3.05) is 19.7 Å². The summed E-state index contributed by atoms with van der Waals surface area (Å²) in [4.78, 5) is 11.6. The normalized spacial score (nSPS) is 11.7. The maximum Gasteiger partial charge on any atom is 0.314 e. The molecule has 1 heterocycles. The van der Waals surface area contributed by atoms with Crippen LogP contribution < -0.4 is 15.4 Å². The lowest BCUT2D eigenvalue weighted by molar-refractivity contribution is 0.173. The molecule has 1 unspecified atom stereocenters. The molecule has 0 aliphatic heterocycles. The molecule has 118 valence electrons. The number of hydrogen-bond donors (Lipinski definition) is 3. The van der Waals surface area contributed by atoms with Crippen LogP contribution in [0.1, 0.15) is 18.1 Å². The largest absolute Gasteiger partial charge is 0.494 e. The summed E-state index contributed by atoms with van der Waals surface area (Å²) in [6.07, 6.45) is 0.0495. The molecule has 22 heavy (non-hydrogen) atoms. The van der Waals surface area contributed by atoms with E-state index in [1.54, 1.807) is 0 Å². The monoisotopic (exact) mass is 320 g/mol. The van der Waals surface area contributed by atoms with Crippen LogP contribution in [0.2, 0.25) is 0 Å². The minimum Gasteiger partial charge on any atom is -0.494 e. The van der Waals surface area contributed by atoms with Gasteiger partial charge in [-0.2, -0.15) is 11.3 Å². The first-order chi connectivity index (χ1) is 10.8. The van der Waals surface area contributed by atoms with E-state index in [0.717, 1.165) is 17.7 Å². The van der Waals surface area contributed by atoms with E-state index >= 15 is 0 Å². The van der Waals surface area contributed by atoms with Crippen LogP contribution >= 0.6 is 11.3 Å². The van der Waals surface area contributed by atoms with Gasteiger partial charge in [0.15, 0.2) is 0 Å². The number of nitrogens with one attached hydrogen (secondary N) is 2. The molecule has 0 aliphatic carbocycles. The van der Waals surface area contributed by atoms with Gasteiger partial charge >= 0.3 is 6.03 Å². The quantitative estimate of drug-likeness (QED) is 0.655. The summed E-state index contributed by atoms with van der Waals surface area (Å²) in [7, 11) is 0. The number of carbonyl (C=O) groups is 1. The van der Waals surface area contributed by atoms with E-state index in [9.17, 15) is 9.90 Å². The van der Waals surface area contributed by atoms with Gasteiger partial charge in [0.2, 0.25) is 0 Å². The van der Waals surface area contributed by atoms with Crippen LogP contribution in [-0.4, -0.2) is 30.8 Å². The zero-order valence-electron chi connectivity index (χ0n) is 12.2. The van der Waals surface area contributed by atoms with Crippen molar-refractivity contribution in [3.63, 3.8) is 0 Å². The number of amides is 2. The first-order valence-electron chi connectivity index (χ1n) is 7.15. The molecule has 0 saturated carbocycles. The van der Waals surface area contributed by atoms with Crippen molar-refractivity contribution in [2.24, 2.45) is 0 Å². The average Bonchev–Trinajstić information content (AvgIpc) is 3.08. The number of ether oxygens (including phenoxy) is 1. The van der Waals surface area contributed by atoms with Gasteiger partial charge in [-0.3, -0.25) is 0 Å². The van der Waals surface area contributed by atoms with Gasteiger partial charge in [0.05, 0.1) is 12.7 Å². The van der Waals surface area contributed by atoms with E-state index in [1.807, 2.05) is 47.2 Å². The topological polar surface area (TPSA) is 70.6 Å². The molecule has 5 nitrogen and oxygen atoms in total. The smallest absolute Gasteiger partial charge is 0.314 e. The molecule has 0 aliphatic rings. The number of para-hydroxylation sites is 1. The zero-order chi connectivity index (χ0) is 15.6. The molecule has 1 aromatic carbocycles. The minimum absolute atomic E-state index is 0.198. The fraction of sp³-hybridized carbons (Fsp3) is 0.312. The third kappa shape index (κ3) is 5.75. The fourth-order valence-corrected chi connectivity index (χ4v) is 2.52. The second-order valence-electron chi connectivity index (χ2n) is 4.72. The molecule has 0 spiro atoms. The zero-order valence-corrected chi connectivity index (χ0v) is 13.0. The summed E-state index contributed by atoms with van der Waals surface area (Å²) in [5.74, 6) is 0.825. The predicted octanol–water partition coefficient (Wildman–Crippen LogP) is 2.55. The van der Waals surface area contributed by atoms with Crippen molar-refractivity contribution in [2.45, 2.75) is 12.5 Å². The second kappa shape index (κ2) is 9.07. The standard InChI is InChI=1S/C16H20N2O3S/c19-15(13-7-10-22-12-13)11-18-16(20)17-8-4-9-21-14-5-2-1-3-6-14/h1-3,5-7,10,12,15,19H,4,8-9,11H2,(H2,17,18,20). The van der Waals surface area contributed by atoms with Crippen molar-refractivity contribution in [1.29, 1.82) is 0 Å². The van der Waals surface area contributed by atoms with Crippen molar-refractivity contribution < 1.29 is 14.6 Å². The van der Waals surface area contributed by atoms with Crippen LogP contribution in [0.3, 0.4) is 0 Å². The van der Waals surface area contributed by atoms with Crippen molar-refractivity contribution in [3.8, 4) is 5.75 Å². The molecule has 1 aromatic heterocycles. The predicted molar refractivity (Wildman–Crippen MR) is 87.2 cm³/mol. The van der Waals surface area contributed by atoms with Crippen molar-refractivity contribution >= 4 is 17.4 Å². The van der Waals surface area contributed by atoms with E-state index in [1.165, 1.54) is 11.3 Å². The highest BCUT2D eigenvalue weighted by atomic mass is 32.1. The number of urea groups is 1. The van der Waals surface area contributed by atoms with E-state index in [4.69, 9.17) is 4.74 Å². The van der Waals surface area contributed by atoms with Crippen LogP contribution in [-0.2, 0) is 0 Å². The van der Waals surface area contributed by atoms with Crippen LogP contribution in [0.5, 0.6) is 5.75 Å². The van der Waals surface area contributed by atoms with E-state index in [0.29, 0.717) is 13.2 Å². The summed E-state index contributed by atoms with van der Waals surface area (Å²) >= 11 is 1.52.